The van der Waals surface area contributed by atoms with E-state index in [1.165, 1.54) is 12.8 Å². The van der Waals surface area contributed by atoms with Crippen LogP contribution in [0.2, 0.25) is 0 Å². The van der Waals surface area contributed by atoms with Crippen LogP contribution in [-0.4, -0.2) is 35.8 Å². The molecule has 0 amide bonds. The average Bonchev–Trinajstić information content (AvgIpc) is 3.20. The standard InChI is InChI=1S/C23H30FN3O3/c1-3-30-23(28)16-10-11-29-12-17(16)15-8-9-18-21(19(15)24)27-22(26-18)20(25)14-6-4-13(2)5-7-14/h8-9,13-14,20H,3-7,10-12,25H2,1-2H3,(H,26,27)/t13?,14?,20-/m0/s1. The van der Waals surface area contributed by atoms with E-state index in [2.05, 4.69) is 16.9 Å². The molecule has 1 aromatic heterocycles. The van der Waals surface area contributed by atoms with Gasteiger partial charge in [0.15, 0.2) is 5.82 Å². The molecule has 1 saturated carbocycles. The van der Waals surface area contributed by atoms with E-state index < -0.39 is 11.8 Å². The number of nitrogens with zero attached hydrogens (tertiary/aromatic N) is 1. The molecule has 1 aliphatic heterocycles. The highest BCUT2D eigenvalue weighted by atomic mass is 19.1. The van der Waals surface area contributed by atoms with E-state index in [1.54, 1.807) is 19.1 Å². The molecule has 0 radical (unpaired) electrons. The lowest BCUT2D eigenvalue weighted by Crippen LogP contribution is -2.26. The van der Waals surface area contributed by atoms with Crippen molar-refractivity contribution >= 4 is 22.6 Å². The molecule has 0 saturated heterocycles. The van der Waals surface area contributed by atoms with E-state index >= 15 is 4.39 Å². The van der Waals surface area contributed by atoms with Crippen molar-refractivity contribution in [2.24, 2.45) is 17.6 Å². The zero-order valence-corrected chi connectivity index (χ0v) is 17.7. The van der Waals surface area contributed by atoms with Gasteiger partial charge in [-0.15, -0.1) is 0 Å². The lowest BCUT2D eigenvalue weighted by Gasteiger charge is -2.29. The minimum absolute atomic E-state index is 0.174. The van der Waals surface area contributed by atoms with Crippen LogP contribution in [0.3, 0.4) is 0 Å². The van der Waals surface area contributed by atoms with Gasteiger partial charge in [-0.1, -0.05) is 19.8 Å². The fourth-order valence-corrected chi connectivity index (χ4v) is 4.59. The predicted octanol–water partition coefficient (Wildman–Crippen LogP) is 4.27. The summed E-state index contributed by atoms with van der Waals surface area (Å²) in [5, 5.41) is 0. The highest BCUT2D eigenvalue weighted by Crippen LogP contribution is 2.36. The molecule has 1 aliphatic carbocycles. The van der Waals surface area contributed by atoms with Crippen LogP contribution >= 0.6 is 0 Å². The number of aromatic nitrogens is 2. The van der Waals surface area contributed by atoms with E-state index in [4.69, 9.17) is 15.2 Å². The van der Waals surface area contributed by atoms with Crippen LogP contribution in [0, 0.1) is 17.7 Å². The summed E-state index contributed by atoms with van der Waals surface area (Å²) in [7, 11) is 0. The quantitative estimate of drug-likeness (QED) is 0.712. The minimum Gasteiger partial charge on any atom is -0.463 e. The van der Waals surface area contributed by atoms with Crippen molar-refractivity contribution in [2.75, 3.05) is 19.8 Å². The Hall–Kier alpha value is -2.25. The van der Waals surface area contributed by atoms with Crippen LogP contribution in [0.15, 0.2) is 17.7 Å². The number of benzene rings is 1. The lowest BCUT2D eigenvalue weighted by molar-refractivity contribution is -0.138. The molecule has 2 aromatic rings. The average molecular weight is 416 g/mol. The first-order valence-electron chi connectivity index (χ1n) is 10.9. The molecule has 1 atom stereocenters. The van der Waals surface area contributed by atoms with Crippen molar-refractivity contribution < 1.29 is 18.7 Å². The number of esters is 1. The first-order chi connectivity index (χ1) is 14.5. The molecule has 3 N–H and O–H groups in total. The summed E-state index contributed by atoms with van der Waals surface area (Å²) in [4.78, 5) is 20.1. The SMILES string of the molecule is CCOC(=O)C1=C(c2ccc3[nH]c([C@@H](N)C4CCC(C)CC4)nc3c2F)COCC1. The molecule has 162 valence electrons. The second-order valence-electron chi connectivity index (χ2n) is 8.47. The highest BCUT2D eigenvalue weighted by molar-refractivity contribution is 5.99. The molecule has 0 spiro atoms. The molecule has 1 fully saturated rings. The smallest absolute Gasteiger partial charge is 0.334 e. The van der Waals surface area contributed by atoms with Gasteiger partial charge < -0.3 is 20.2 Å². The number of halogens is 1. The van der Waals surface area contributed by atoms with Crippen molar-refractivity contribution in [2.45, 2.75) is 52.0 Å². The van der Waals surface area contributed by atoms with Gasteiger partial charge >= 0.3 is 5.97 Å². The Balaban J connectivity index is 1.68. The maximum atomic E-state index is 15.5. The molecule has 0 unspecified atom stereocenters. The molecule has 1 aromatic carbocycles. The number of ether oxygens (including phenoxy) is 2. The summed E-state index contributed by atoms with van der Waals surface area (Å²) in [6, 6.07) is 3.24. The Labute approximate surface area is 176 Å². The lowest BCUT2D eigenvalue weighted by atomic mass is 9.79. The molecule has 6 nitrogen and oxygen atoms in total. The van der Waals surface area contributed by atoms with Gasteiger partial charge in [0.1, 0.15) is 11.3 Å². The van der Waals surface area contributed by atoms with Crippen molar-refractivity contribution in [1.82, 2.24) is 9.97 Å². The van der Waals surface area contributed by atoms with Crippen LogP contribution < -0.4 is 5.73 Å². The second-order valence-corrected chi connectivity index (χ2v) is 8.47. The zero-order valence-electron chi connectivity index (χ0n) is 17.7. The molecule has 7 heteroatoms. The number of aromatic amines is 1. The first-order valence-corrected chi connectivity index (χ1v) is 10.9. The number of hydrogen-bond acceptors (Lipinski definition) is 5. The van der Waals surface area contributed by atoms with Crippen LogP contribution in [-0.2, 0) is 14.3 Å². The van der Waals surface area contributed by atoms with Crippen LogP contribution in [0.25, 0.3) is 16.6 Å². The Bertz CT molecular complexity index is 960. The predicted molar refractivity (Wildman–Crippen MR) is 113 cm³/mol. The van der Waals surface area contributed by atoms with Gasteiger partial charge in [-0.2, -0.15) is 0 Å². The highest BCUT2D eigenvalue weighted by Gasteiger charge is 2.28. The van der Waals surface area contributed by atoms with Crippen molar-refractivity contribution in [3.63, 3.8) is 0 Å². The molecule has 0 bridgehead atoms. The molecule has 2 aliphatic rings. The van der Waals surface area contributed by atoms with Gasteiger partial charge in [0.25, 0.3) is 0 Å². The summed E-state index contributed by atoms with van der Waals surface area (Å²) in [6.07, 6.45) is 4.88. The third-order valence-electron chi connectivity index (χ3n) is 6.45. The van der Waals surface area contributed by atoms with Gasteiger partial charge in [0, 0.05) is 17.6 Å². The van der Waals surface area contributed by atoms with Crippen molar-refractivity contribution in [3.05, 3.63) is 34.9 Å². The number of H-pyrrole nitrogens is 1. The van der Waals surface area contributed by atoms with Crippen molar-refractivity contribution in [1.29, 1.82) is 0 Å². The Morgan fingerprint density at radius 3 is 2.87 bits per heavy atom. The number of hydrogen-bond donors (Lipinski definition) is 2. The Morgan fingerprint density at radius 1 is 1.37 bits per heavy atom. The van der Waals surface area contributed by atoms with E-state index in [9.17, 15) is 4.79 Å². The second kappa shape index (κ2) is 8.86. The maximum Gasteiger partial charge on any atom is 0.334 e. The van der Waals surface area contributed by atoms with Crippen LogP contribution in [0.5, 0.6) is 0 Å². The van der Waals surface area contributed by atoms with Crippen LogP contribution in [0.4, 0.5) is 4.39 Å². The topological polar surface area (TPSA) is 90.2 Å². The monoisotopic (exact) mass is 415 g/mol. The third kappa shape index (κ3) is 4.01. The number of rotatable bonds is 5. The number of carbonyl (C=O) groups excluding carboxylic acids is 1. The number of nitrogens with two attached hydrogens (primary N) is 1. The molecule has 4 rings (SSSR count). The third-order valence-corrected chi connectivity index (χ3v) is 6.45. The van der Waals surface area contributed by atoms with Gasteiger partial charge in [-0.05, 0) is 49.3 Å². The van der Waals surface area contributed by atoms with E-state index in [0.29, 0.717) is 47.0 Å². The summed E-state index contributed by atoms with van der Waals surface area (Å²) < 4.78 is 26.2. The number of carbonyl (C=O) groups is 1. The number of imidazole rings is 1. The summed E-state index contributed by atoms with van der Waals surface area (Å²) in [6.45, 7) is 4.90. The van der Waals surface area contributed by atoms with Gasteiger partial charge in [0.2, 0.25) is 0 Å². The Kier molecular flexibility index (Phi) is 6.20. The van der Waals surface area contributed by atoms with Crippen molar-refractivity contribution in [3.8, 4) is 0 Å². The fourth-order valence-electron chi connectivity index (χ4n) is 4.59. The molecular weight excluding hydrogens is 385 g/mol. The molecule has 30 heavy (non-hydrogen) atoms. The number of fused-ring (bicyclic) bond motifs is 1. The van der Waals surface area contributed by atoms with E-state index in [1.807, 2.05) is 0 Å². The van der Waals surface area contributed by atoms with Gasteiger partial charge in [-0.25, -0.2) is 14.2 Å². The van der Waals surface area contributed by atoms with E-state index in [0.717, 1.165) is 18.8 Å². The normalized spacial score (nSPS) is 23.6. The first kappa shape index (κ1) is 21.0. The maximum absolute atomic E-state index is 15.5. The summed E-state index contributed by atoms with van der Waals surface area (Å²) in [5.41, 5.74) is 8.71. The minimum atomic E-state index is -0.457. The fraction of sp³-hybridized carbons (Fsp3) is 0.565. The van der Waals surface area contributed by atoms with Gasteiger partial charge in [0.05, 0.1) is 31.4 Å². The zero-order chi connectivity index (χ0) is 21.3. The van der Waals surface area contributed by atoms with Gasteiger partial charge in [-0.3, -0.25) is 0 Å². The van der Waals surface area contributed by atoms with Crippen LogP contribution in [0.1, 0.15) is 63.4 Å². The summed E-state index contributed by atoms with van der Waals surface area (Å²) >= 11 is 0. The largest absolute Gasteiger partial charge is 0.463 e. The summed E-state index contributed by atoms with van der Waals surface area (Å²) in [5.74, 6) is 0.853. The van der Waals surface area contributed by atoms with E-state index in [-0.39, 0.29) is 24.8 Å². The molecule has 2 heterocycles. The Morgan fingerprint density at radius 2 is 2.13 bits per heavy atom. The molecular formula is C23H30FN3O3. The number of nitrogens with one attached hydrogen (secondary N) is 1.